The molecule has 0 fully saturated rings. The minimum absolute atomic E-state index is 0.426. The fourth-order valence-electron chi connectivity index (χ4n) is 0.504. The number of hydrogen-bond acceptors (Lipinski definition) is 3. The third-order valence-electron chi connectivity index (χ3n) is 0.932. The van der Waals surface area contributed by atoms with Crippen LogP contribution in [0.15, 0.2) is 28.6 Å². The molecule has 1 heterocycles. The Morgan fingerprint density at radius 2 is 2.27 bits per heavy atom. The second-order valence-corrected chi connectivity index (χ2v) is 3.09. The molecule has 1 aromatic rings. The molecule has 0 atom stereocenters. The van der Waals surface area contributed by atoms with Crippen molar-refractivity contribution >= 4 is 23.4 Å². The lowest BCUT2D eigenvalue weighted by Gasteiger charge is -1.91. The van der Waals surface area contributed by atoms with E-state index in [0.717, 1.165) is 5.03 Å². The molecule has 0 aromatic carbocycles. The lowest BCUT2D eigenvalue weighted by molar-refractivity contribution is 0.932. The van der Waals surface area contributed by atoms with Gasteiger partial charge in [0, 0.05) is 0 Å². The molecule has 1 aromatic heterocycles. The fraction of sp³-hybridized carbons (Fsp3) is 0.143. The summed E-state index contributed by atoms with van der Waals surface area (Å²) in [6.07, 6.45) is 1.95. The van der Waals surface area contributed by atoms with E-state index in [-0.39, 0.29) is 0 Å². The zero-order valence-electron chi connectivity index (χ0n) is 5.99. The van der Waals surface area contributed by atoms with E-state index in [1.165, 1.54) is 11.8 Å². The first-order chi connectivity index (χ1) is 5.33. The van der Waals surface area contributed by atoms with E-state index in [1.54, 1.807) is 6.07 Å². The number of halogens is 1. The average molecular weight is 187 g/mol. The minimum Gasteiger partial charge on any atom is -0.142 e. The van der Waals surface area contributed by atoms with Crippen molar-refractivity contribution < 1.29 is 0 Å². The minimum atomic E-state index is 0.426. The summed E-state index contributed by atoms with van der Waals surface area (Å²) in [6, 6.07) is 3.56. The molecule has 0 spiro atoms. The predicted octanol–water partition coefficient (Wildman–Crippen LogP) is 2.76. The Hall–Kier alpha value is -0.540. The van der Waals surface area contributed by atoms with Gasteiger partial charge >= 0.3 is 0 Å². The second-order valence-electron chi connectivity index (χ2n) is 1.78. The highest BCUT2D eigenvalue weighted by atomic mass is 35.5. The Balaban J connectivity index is 2.66. The molecule has 0 aliphatic rings. The molecule has 4 heteroatoms. The lowest BCUT2D eigenvalue weighted by Crippen LogP contribution is -1.82. The van der Waals surface area contributed by atoms with E-state index in [9.17, 15) is 0 Å². The van der Waals surface area contributed by atoms with Gasteiger partial charge in [-0.3, -0.25) is 0 Å². The van der Waals surface area contributed by atoms with Crippen molar-refractivity contribution in [3.8, 4) is 0 Å². The van der Waals surface area contributed by atoms with Crippen LogP contribution in [0, 0.1) is 0 Å². The van der Waals surface area contributed by atoms with Gasteiger partial charge in [0.05, 0.1) is 0 Å². The number of rotatable bonds is 2. The van der Waals surface area contributed by atoms with Crippen LogP contribution < -0.4 is 0 Å². The van der Waals surface area contributed by atoms with Gasteiger partial charge < -0.3 is 0 Å². The summed E-state index contributed by atoms with van der Waals surface area (Å²) < 4.78 is 0. The van der Waals surface area contributed by atoms with Crippen LogP contribution in [0.3, 0.4) is 0 Å². The van der Waals surface area contributed by atoms with E-state index < -0.39 is 0 Å². The largest absolute Gasteiger partial charge is 0.151 e. The van der Waals surface area contributed by atoms with Gasteiger partial charge in [-0.25, -0.2) is 0 Å². The Kier molecular flexibility index (Phi) is 3.39. The molecule has 1 rings (SSSR count). The van der Waals surface area contributed by atoms with Crippen molar-refractivity contribution in [2.75, 3.05) is 0 Å². The van der Waals surface area contributed by atoms with Gasteiger partial charge in [0.1, 0.15) is 5.03 Å². The van der Waals surface area contributed by atoms with Gasteiger partial charge in [-0.1, -0.05) is 29.4 Å². The molecule has 0 radical (unpaired) electrons. The van der Waals surface area contributed by atoms with Crippen LogP contribution in [0.2, 0.25) is 5.15 Å². The van der Waals surface area contributed by atoms with Crippen molar-refractivity contribution in [1.29, 1.82) is 0 Å². The second kappa shape index (κ2) is 4.36. The maximum Gasteiger partial charge on any atom is 0.151 e. The summed E-state index contributed by atoms with van der Waals surface area (Å²) >= 11 is 7.06. The highest BCUT2D eigenvalue weighted by Gasteiger charge is 1.92. The summed E-state index contributed by atoms with van der Waals surface area (Å²) in [4.78, 5) is 0. The number of nitrogens with zero attached hydrogens (tertiary/aromatic N) is 2. The predicted molar refractivity (Wildman–Crippen MR) is 47.7 cm³/mol. The smallest absolute Gasteiger partial charge is 0.142 e. The van der Waals surface area contributed by atoms with E-state index in [1.807, 2.05) is 24.5 Å². The van der Waals surface area contributed by atoms with Crippen LogP contribution in [0.1, 0.15) is 6.92 Å². The Labute approximate surface area is 74.7 Å². The third kappa shape index (κ3) is 2.91. The number of allylic oxidation sites excluding steroid dienone is 1. The average Bonchev–Trinajstić information content (AvgIpc) is 2.04. The summed E-state index contributed by atoms with van der Waals surface area (Å²) in [6.45, 7) is 1.95. The van der Waals surface area contributed by atoms with E-state index in [4.69, 9.17) is 11.6 Å². The summed E-state index contributed by atoms with van der Waals surface area (Å²) in [5.74, 6) is 0. The molecule has 0 unspecified atom stereocenters. The highest BCUT2D eigenvalue weighted by Crippen LogP contribution is 2.15. The molecule has 2 nitrogen and oxygen atoms in total. The van der Waals surface area contributed by atoms with Crippen LogP contribution in [0.25, 0.3) is 0 Å². The molecule has 0 N–H and O–H groups in total. The lowest BCUT2D eigenvalue weighted by atomic mass is 10.6. The maximum atomic E-state index is 5.54. The molecule has 0 saturated heterocycles. The van der Waals surface area contributed by atoms with Crippen molar-refractivity contribution in [2.24, 2.45) is 0 Å². The normalized spacial score (nSPS) is 10.7. The van der Waals surface area contributed by atoms with Gasteiger partial charge in [0.15, 0.2) is 5.15 Å². The first kappa shape index (κ1) is 8.56. The highest BCUT2D eigenvalue weighted by molar-refractivity contribution is 8.02. The van der Waals surface area contributed by atoms with E-state index >= 15 is 0 Å². The Bertz CT molecular complexity index is 245. The van der Waals surface area contributed by atoms with Crippen molar-refractivity contribution in [3.05, 3.63) is 28.8 Å². The van der Waals surface area contributed by atoms with Crippen LogP contribution in [-0.2, 0) is 0 Å². The number of aromatic nitrogens is 2. The molecule has 0 bridgehead atoms. The quantitative estimate of drug-likeness (QED) is 0.665. The molecular formula is C7H7ClN2S. The Morgan fingerprint density at radius 1 is 1.45 bits per heavy atom. The molecule has 0 aliphatic heterocycles. The molecule has 0 amide bonds. The van der Waals surface area contributed by atoms with Gasteiger partial charge in [-0.05, 0) is 24.5 Å². The Morgan fingerprint density at radius 3 is 2.82 bits per heavy atom. The SMILES string of the molecule is C/C=C/Sc1ccc(Cl)nn1. The molecular weight excluding hydrogens is 180 g/mol. The van der Waals surface area contributed by atoms with Crippen LogP contribution in [0.4, 0.5) is 0 Å². The van der Waals surface area contributed by atoms with E-state index in [2.05, 4.69) is 10.2 Å². The zero-order chi connectivity index (χ0) is 8.10. The summed E-state index contributed by atoms with van der Waals surface area (Å²) in [5.41, 5.74) is 0. The fourth-order valence-corrected chi connectivity index (χ4v) is 1.12. The topological polar surface area (TPSA) is 25.8 Å². The van der Waals surface area contributed by atoms with Crippen molar-refractivity contribution in [3.63, 3.8) is 0 Å². The zero-order valence-corrected chi connectivity index (χ0v) is 7.56. The molecule has 58 valence electrons. The van der Waals surface area contributed by atoms with Crippen molar-refractivity contribution in [2.45, 2.75) is 11.9 Å². The van der Waals surface area contributed by atoms with E-state index in [0.29, 0.717) is 5.15 Å². The van der Waals surface area contributed by atoms with Gasteiger partial charge in [0.25, 0.3) is 0 Å². The third-order valence-corrected chi connectivity index (χ3v) is 2.00. The van der Waals surface area contributed by atoms with Crippen LogP contribution in [-0.4, -0.2) is 10.2 Å². The van der Waals surface area contributed by atoms with Gasteiger partial charge in [-0.2, -0.15) is 0 Å². The number of hydrogen-bond donors (Lipinski definition) is 0. The summed E-state index contributed by atoms with van der Waals surface area (Å²) in [7, 11) is 0. The van der Waals surface area contributed by atoms with Gasteiger partial charge in [-0.15, -0.1) is 10.2 Å². The van der Waals surface area contributed by atoms with Crippen molar-refractivity contribution in [1.82, 2.24) is 10.2 Å². The standard InChI is InChI=1S/C7H7ClN2S/c1-2-5-11-7-4-3-6(8)9-10-7/h2-5H,1H3/b5-2+. The first-order valence-corrected chi connectivity index (χ1v) is 4.36. The monoisotopic (exact) mass is 186 g/mol. The molecule has 0 saturated carbocycles. The maximum absolute atomic E-state index is 5.54. The van der Waals surface area contributed by atoms with Gasteiger partial charge in [0.2, 0.25) is 0 Å². The van der Waals surface area contributed by atoms with Crippen LogP contribution >= 0.6 is 23.4 Å². The molecule has 11 heavy (non-hydrogen) atoms. The number of thioether (sulfide) groups is 1. The molecule has 0 aliphatic carbocycles. The first-order valence-electron chi connectivity index (χ1n) is 3.10. The van der Waals surface area contributed by atoms with Crippen LogP contribution in [0.5, 0.6) is 0 Å². The summed E-state index contributed by atoms with van der Waals surface area (Å²) in [5, 5.41) is 10.8.